The molecule has 43 heavy (non-hydrogen) atoms. The molecular formula is C35H40N2O5S. The molecule has 5 rings (SSSR count). The molecule has 3 aromatic rings. The van der Waals surface area contributed by atoms with Crippen LogP contribution in [0.5, 0.6) is 17.2 Å². The van der Waals surface area contributed by atoms with Gasteiger partial charge in [0.1, 0.15) is 36.1 Å². The number of nitrogens with one attached hydrogen (secondary N) is 1. The molecule has 2 aliphatic rings. The van der Waals surface area contributed by atoms with Gasteiger partial charge in [-0.25, -0.2) is 0 Å². The Labute approximate surface area is 258 Å². The van der Waals surface area contributed by atoms with Crippen LogP contribution >= 0.6 is 11.8 Å². The summed E-state index contributed by atoms with van der Waals surface area (Å²) >= 11 is 0.915. The quantitative estimate of drug-likeness (QED) is 0.238. The van der Waals surface area contributed by atoms with Crippen LogP contribution in [0.15, 0.2) is 59.5 Å². The Morgan fingerprint density at radius 2 is 1.72 bits per heavy atom. The number of amides is 2. The van der Waals surface area contributed by atoms with E-state index in [1.807, 2.05) is 42.5 Å². The maximum absolute atomic E-state index is 11.7. The van der Waals surface area contributed by atoms with Gasteiger partial charge in [0.05, 0.1) is 4.91 Å². The summed E-state index contributed by atoms with van der Waals surface area (Å²) in [4.78, 5) is 25.8. The van der Waals surface area contributed by atoms with E-state index in [1.165, 1.54) is 11.1 Å². The molecule has 8 heteroatoms. The number of hydrogen-bond acceptors (Lipinski definition) is 7. The third-order valence-electron chi connectivity index (χ3n) is 8.37. The minimum Gasteiger partial charge on any atom is -0.492 e. The first-order chi connectivity index (χ1) is 20.6. The number of fused-ring (bicyclic) bond motifs is 1. The topological polar surface area (TPSA) is 77.1 Å². The van der Waals surface area contributed by atoms with E-state index in [1.54, 1.807) is 6.08 Å². The van der Waals surface area contributed by atoms with Crippen LogP contribution in [0.25, 0.3) is 6.08 Å². The number of carbonyl (C=O) groups is 2. The summed E-state index contributed by atoms with van der Waals surface area (Å²) in [6.07, 6.45) is 4.56. The van der Waals surface area contributed by atoms with Crippen LogP contribution in [-0.4, -0.2) is 48.4 Å². The summed E-state index contributed by atoms with van der Waals surface area (Å²) in [5.41, 5.74) is 6.54. The molecule has 0 saturated carbocycles. The monoisotopic (exact) mass is 600 g/mol. The third kappa shape index (κ3) is 7.43. The SMILES string of the molecule is Cc1c(C)c2c(c(C)c1OCc1ccccc1)CCC(C)(CCN(C)CCOc1ccc(C=C3SC(=O)NC3=O)cc1)O2. The molecule has 1 N–H and O–H groups in total. The van der Waals surface area contributed by atoms with E-state index in [0.717, 1.165) is 83.6 Å². The summed E-state index contributed by atoms with van der Waals surface area (Å²) in [6.45, 7) is 11.5. The van der Waals surface area contributed by atoms with E-state index in [-0.39, 0.29) is 16.7 Å². The highest BCUT2D eigenvalue weighted by atomic mass is 32.2. The van der Waals surface area contributed by atoms with Gasteiger partial charge in [-0.05, 0) is 112 Å². The lowest BCUT2D eigenvalue weighted by atomic mass is 9.85. The van der Waals surface area contributed by atoms with E-state index < -0.39 is 0 Å². The summed E-state index contributed by atoms with van der Waals surface area (Å²) in [6, 6.07) is 17.8. The molecule has 1 atom stereocenters. The lowest BCUT2D eigenvalue weighted by molar-refractivity contribution is -0.115. The van der Waals surface area contributed by atoms with Crippen LogP contribution < -0.4 is 19.5 Å². The van der Waals surface area contributed by atoms with Crippen molar-refractivity contribution in [2.45, 2.75) is 59.2 Å². The molecule has 3 aromatic carbocycles. The lowest BCUT2D eigenvalue weighted by Crippen LogP contribution is -2.40. The van der Waals surface area contributed by atoms with Gasteiger partial charge in [-0.15, -0.1) is 0 Å². The second kappa shape index (κ2) is 13.3. The van der Waals surface area contributed by atoms with Crippen LogP contribution in [0.3, 0.4) is 0 Å². The van der Waals surface area contributed by atoms with E-state index in [0.29, 0.717) is 18.1 Å². The number of thioether (sulfide) groups is 1. The number of rotatable bonds is 11. The van der Waals surface area contributed by atoms with Crippen LogP contribution in [0.2, 0.25) is 0 Å². The van der Waals surface area contributed by atoms with Gasteiger partial charge in [-0.1, -0.05) is 42.5 Å². The molecule has 0 aliphatic carbocycles. The summed E-state index contributed by atoms with van der Waals surface area (Å²) in [5, 5.41) is 1.93. The first-order valence-corrected chi connectivity index (χ1v) is 15.6. The van der Waals surface area contributed by atoms with Crippen molar-refractivity contribution in [1.82, 2.24) is 10.2 Å². The molecule has 0 aromatic heterocycles. The van der Waals surface area contributed by atoms with E-state index >= 15 is 0 Å². The first kappa shape index (κ1) is 30.7. The van der Waals surface area contributed by atoms with Crippen LogP contribution in [0, 0.1) is 20.8 Å². The first-order valence-electron chi connectivity index (χ1n) is 14.8. The largest absolute Gasteiger partial charge is 0.492 e. The molecule has 7 nitrogen and oxygen atoms in total. The molecule has 226 valence electrons. The van der Waals surface area contributed by atoms with Crippen molar-refractivity contribution in [3.05, 3.63) is 92.9 Å². The Morgan fingerprint density at radius 1 is 0.977 bits per heavy atom. The predicted molar refractivity (Wildman–Crippen MR) is 172 cm³/mol. The molecule has 2 heterocycles. The van der Waals surface area contributed by atoms with Crippen LogP contribution in [-0.2, 0) is 17.8 Å². The second-order valence-corrected chi connectivity index (χ2v) is 12.7. The van der Waals surface area contributed by atoms with Gasteiger partial charge in [0.25, 0.3) is 11.1 Å². The molecule has 1 saturated heterocycles. The van der Waals surface area contributed by atoms with Crippen LogP contribution in [0.4, 0.5) is 4.79 Å². The highest BCUT2D eigenvalue weighted by molar-refractivity contribution is 8.18. The average molecular weight is 601 g/mol. The molecule has 0 spiro atoms. The van der Waals surface area contributed by atoms with Gasteiger partial charge in [-0.3, -0.25) is 14.9 Å². The Kier molecular flexibility index (Phi) is 9.47. The number of hydrogen-bond donors (Lipinski definition) is 1. The van der Waals surface area contributed by atoms with Gasteiger partial charge < -0.3 is 19.1 Å². The zero-order valence-corrected chi connectivity index (χ0v) is 26.4. The number of benzene rings is 3. The van der Waals surface area contributed by atoms with Gasteiger partial charge in [0.15, 0.2) is 0 Å². The molecule has 2 amide bonds. The molecular weight excluding hydrogens is 560 g/mol. The van der Waals surface area contributed by atoms with Gasteiger partial charge in [0, 0.05) is 18.7 Å². The fourth-order valence-corrected chi connectivity index (χ4v) is 6.18. The van der Waals surface area contributed by atoms with Gasteiger partial charge in [-0.2, -0.15) is 0 Å². The number of nitrogens with zero attached hydrogens (tertiary/aromatic N) is 1. The molecule has 0 radical (unpaired) electrons. The van der Waals surface area contributed by atoms with Crippen molar-refractivity contribution < 1.29 is 23.8 Å². The van der Waals surface area contributed by atoms with Gasteiger partial charge >= 0.3 is 0 Å². The smallest absolute Gasteiger partial charge is 0.290 e. The van der Waals surface area contributed by atoms with Crippen molar-refractivity contribution in [2.75, 3.05) is 26.7 Å². The lowest BCUT2D eigenvalue weighted by Gasteiger charge is -2.39. The molecule has 2 aliphatic heterocycles. The normalized spacial score (nSPS) is 18.9. The van der Waals surface area contributed by atoms with E-state index in [4.69, 9.17) is 14.2 Å². The van der Waals surface area contributed by atoms with E-state index in [2.05, 4.69) is 57.1 Å². The van der Waals surface area contributed by atoms with Crippen molar-refractivity contribution in [3.63, 3.8) is 0 Å². The van der Waals surface area contributed by atoms with Crippen molar-refractivity contribution in [2.24, 2.45) is 0 Å². The predicted octanol–water partition coefficient (Wildman–Crippen LogP) is 7.00. The number of likely N-dealkylation sites (N-methyl/N-ethyl adjacent to an activating group) is 1. The van der Waals surface area contributed by atoms with Gasteiger partial charge in [0.2, 0.25) is 0 Å². The molecule has 1 unspecified atom stereocenters. The molecule has 0 bridgehead atoms. The van der Waals surface area contributed by atoms with Crippen molar-refractivity contribution >= 4 is 29.0 Å². The minimum atomic E-state index is -0.353. The Hall–Kier alpha value is -3.75. The van der Waals surface area contributed by atoms with Crippen molar-refractivity contribution in [1.29, 1.82) is 0 Å². The standard InChI is InChI=1S/C35H40N2O5S/c1-23-24(2)32-29(25(3)31(23)41-22-27-9-7-6-8-10-27)15-16-35(4,42-32)17-18-37(5)19-20-40-28-13-11-26(12-14-28)21-30-33(38)36-34(39)43-30/h6-14,21H,15-20,22H2,1-5H3,(H,36,38,39). The zero-order valence-electron chi connectivity index (χ0n) is 25.6. The summed E-state index contributed by atoms with van der Waals surface area (Å²) in [7, 11) is 2.11. The minimum absolute atomic E-state index is 0.234. The highest BCUT2D eigenvalue weighted by Crippen LogP contribution is 2.44. The third-order valence-corrected chi connectivity index (χ3v) is 9.18. The molecule has 1 fully saturated rings. The van der Waals surface area contributed by atoms with E-state index in [9.17, 15) is 9.59 Å². The number of ether oxygens (including phenoxy) is 3. The Balaban J connectivity index is 1.11. The Morgan fingerprint density at radius 3 is 2.42 bits per heavy atom. The highest BCUT2D eigenvalue weighted by Gasteiger charge is 2.35. The second-order valence-electron chi connectivity index (χ2n) is 11.7. The Bertz CT molecular complexity index is 1520. The number of carbonyl (C=O) groups excluding carboxylic acids is 2. The summed E-state index contributed by atoms with van der Waals surface area (Å²) < 4.78 is 19.1. The van der Waals surface area contributed by atoms with Crippen molar-refractivity contribution in [3.8, 4) is 17.2 Å². The van der Waals surface area contributed by atoms with Crippen LogP contribution in [0.1, 0.15) is 53.1 Å². The zero-order chi connectivity index (χ0) is 30.6. The summed E-state index contributed by atoms with van der Waals surface area (Å²) in [5.74, 6) is 2.42. The number of imide groups is 1. The maximum atomic E-state index is 11.7. The maximum Gasteiger partial charge on any atom is 0.290 e. The fraction of sp³-hybridized carbons (Fsp3) is 0.371. The average Bonchev–Trinajstić information content (AvgIpc) is 3.32. The fourth-order valence-electron chi connectivity index (χ4n) is 5.50.